The van der Waals surface area contributed by atoms with Crippen LogP contribution in [0.5, 0.6) is 11.5 Å². The quantitative estimate of drug-likeness (QED) is 0.457. The number of fused-ring (bicyclic) bond motifs is 1. The minimum atomic E-state index is -0.114. The van der Waals surface area contributed by atoms with Crippen LogP contribution in [0.2, 0.25) is 0 Å². The van der Waals surface area contributed by atoms with Crippen molar-refractivity contribution in [2.24, 2.45) is 0 Å². The number of ketones is 1. The zero-order valence-corrected chi connectivity index (χ0v) is 17.1. The van der Waals surface area contributed by atoms with E-state index in [9.17, 15) is 4.79 Å². The molecule has 1 aromatic heterocycles. The van der Waals surface area contributed by atoms with E-state index in [0.717, 1.165) is 35.4 Å². The lowest BCUT2D eigenvalue weighted by molar-refractivity contribution is 0.104. The molecule has 1 saturated heterocycles. The van der Waals surface area contributed by atoms with Crippen molar-refractivity contribution >= 4 is 28.6 Å². The fourth-order valence-electron chi connectivity index (χ4n) is 3.52. The van der Waals surface area contributed by atoms with E-state index in [1.54, 1.807) is 38.5 Å². The van der Waals surface area contributed by atoms with Crippen molar-refractivity contribution in [2.45, 2.75) is 0 Å². The van der Waals surface area contributed by atoms with Gasteiger partial charge in [0.2, 0.25) is 0 Å². The van der Waals surface area contributed by atoms with Gasteiger partial charge in [-0.2, -0.15) is 0 Å². The maximum Gasteiger partial charge on any atom is 0.185 e. The third-order valence-corrected chi connectivity index (χ3v) is 5.13. The molecule has 0 amide bonds. The first-order chi connectivity index (χ1) is 14.7. The van der Waals surface area contributed by atoms with E-state index in [4.69, 9.17) is 19.2 Å². The molecule has 0 spiro atoms. The Hall–Kier alpha value is -3.38. The zero-order valence-electron chi connectivity index (χ0n) is 17.1. The van der Waals surface area contributed by atoms with E-state index in [0.29, 0.717) is 30.3 Å². The third kappa shape index (κ3) is 4.14. The van der Waals surface area contributed by atoms with Crippen LogP contribution in [0.3, 0.4) is 0 Å². The number of ether oxygens (including phenoxy) is 3. The number of para-hydroxylation sites is 1. The first-order valence-electron chi connectivity index (χ1n) is 9.86. The molecule has 30 heavy (non-hydrogen) atoms. The standard InChI is InChI=1S/C24H24N2O4/c1-28-22-10-8-18(16-23(22)29-2)21(27)9-7-19-15-17-5-3-4-6-20(17)25-24(19)26-11-13-30-14-12-26/h3-10,15-16H,11-14H2,1-2H3/b9-7+. The minimum Gasteiger partial charge on any atom is -0.493 e. The number of methoxy groups -OCH3 is 2. The highest BCUT2D eigenvalue weighted by Crippen LogP contribution is 2.29. The first kappa shape index (κ1) is 19.9. The Labute approximate surface area is 175 Å². The molecule has 6 heteroatoms. The van der Waals surface area contributed by atoms with Gasteiger partial charge in [-0.15, -0.1) is 0 Å². The molecule has 2 aromatic carbocycles. The molecule has 0 radical (unpaired) electrons. The van der Waals surface area contributed by atoms with Crippen LogP contribution in [0.25, 0.3) is 17.0 Å². The normalized spacial score (nSPS) is 14.3. The van der Waals surface area contributed by atoms with E-state index in [1.807, 2.05) is 30.3 Å². The van der Waals surface area contributed by atoms with Crippen LogP contribution >= 0.6 is 0 Å². The van der Waals surface area contributed by atoms with Crippen LogP contribution in [0.15, 0.2) is 54.6 Å². The molecule has 1 aliphatic rings. The number of carbonyl (C=O) groups is 1. The number of anilines is 1. The van der Waals surface area contributed by atoms with Gasteiger partial charge in [0.1, 0.15) is 5.82 Å². The molecule has 0 bridgehead atoms. The number of hydrogen-bond donors (Lipinski definition) is 0. The van der Waals surface area contributed by atoms with Crippen molar-refractivity contribution in [1.82, 2.24) is 4.98 Å². The molecule has 6 nitrogen and oxygen atoms in total. The van der Waals surface area contributed by atoms with Crippen molar-refractivity contribution in [3.8, 4) is 11.5 Å². The van der Waals surface area contributed by atoms with E-state index in [-0.39, 0.29) is 5.78 Å². The lowest BCUT2D eigenvalue weighted by Gasteiger charge is -2.29. The van der Waals surface area contributed by atoms with Crippen LogP contribution in [-0.2, 0) is 4.74 Å². The second-order valence-electron chi connectivity index (χ2n) is 6.96. The number of rotatable bonds is 6. The van der Waals surface area contributed by atoms with E-state index < -0.39 is 0 Å². The first-order valence-corrected chi connectivity index (χ1v) is 9.86. The SMILES string of the molecule is COc1ccc(C(=O)/C=C/c2cc3ccccc3nc2N2CCOCC2)cc1OC. The molecular formula is C24H24N2O4. The molecule has 4 rings (SSSR count). The molecule has 154 valence electrons. The molecule has 1 fully saturated rings. The van der Waals surface area contributed by atoms with Gasteiger partial charge < -0.3 is 19.1 Å². The van der Waals surface area contributed by atoms with Gasteiger partial charge in [-0.3, -0.25) is 4.79 Å². The van der Waals surface area contributed by atoms with Crippen molar-refractivity contribution in [3.05, 3.63) is 65.7 Å². The molecule has 0 N–H and O–H groups in total. The zero-order chi connectivity index (χ0) is 20.9. The van der Waals surface area contributed by atoms with Crippen LogP contribution < -0.4 is 14.4 Å². The lowest BCUT2D eigenvalue weighted by Crippen LogP contribution is -2.37. The largest absolute Gasteiger partial charge is 0.493 e. The van der Waals surface area contributed by atoms with Gasteiger partial charge >= 0.3 is 0 Å². The second kappa shape index (κ2) is 8.97. The summed E-state index contributed by atoms with van der Waals surface area (Å²) in [4.78, 5) is 19.9. The van der Waals surface area contributed by atoms with Gasteiger partial charge in [-0.1, -0.05) is 18.2 Å². The van der Waals surface area contributed by atoms with Gasteiger partial charge in [-0.05, 0) is 42.5 Å². The monoisotopic (exact) mass is 404 g/mol. The molecule has 0 atom stereocenters. The number of nitrogens with zero attached hydrogens (tertiary/aromatic N) is 2. The number of pyridine rings is 1. The Kier molecular flexibility index (Phi) is 5.95. The van der Waals surface area contributed by atoms with Gasteiger partial charge in [0, 0.05) is 29.6 Å². The summed E-state index contributed by atoms with van der Waals surface area (Å²) in [5.74, 6) is 1.87. The fourth-order valence-corrected chi connectivity index (χ4v) is 3.52. The highest BCUT2D eigenvalue weighted by molar-refractivity contribution is 6.07. The summed E-state index contributed by atoms with van der Waals surface area (Å²) in [7, 11) is 3.12. The maximum absolute atomic E-state index is 12.8. The number of hydrogen-bond acceptors (Lipinski definition) is 6. The van der Waals surface area contributed by atoms with Crippen molar-refractivity contribution in [1.29, 1.82) is 0 Å². The molecule has 0 aliphatic carbocycles. The summed E-state index contributed by atoms with van der Waals surface area (Å²) in [5, 5.41) is 1.03. The van der Waals surface area contributed by atoms with E-state index >= 15 is 0 Å². The topological polar surface area (TPSA) is 60.9 Å². The molecule has 2 heterocycles. The van der Waals surface area contributed by atoms with Crippen molar-refractivity contribution in [2.75, 3.05) is 45.4 Å². The molecular weight excluding hydrogens is 380 g/mol. The average Bonchev–Trinajstić information content (AvgIpc) is 2.82. The lowest BCUT2D eigenvalue weighted by atomic mass is 10.1. The number of aromatic nitrogens is 1. The summed E-state index contributed by atoms with van der Waals surface area (Å²) >= 11 is 0. The molecule has 0 unspecified atom stereocenters. The fraction of sp³-hybridized carbons (Fsp3) is 0.250. The second-order valence-corrected chi connectivity index (χ2v) is 6.96. The van der Waals surface area contributed by atoms with Crippen molar-refractivity contribution < 1.29 is 19.0 Å². The van der Waals surface area contributed by atoms with Gasteiger partial charge in [0.15, 0.2) is 17.3 Å². The highest BCUT2D eigenvalue weighted by atomic mass is 16.5. The van der Waals surface area contributed by atoms with Crippen LogP contribution in [0.1, 0.15) is 15.9 Å². The smallest absolute Gasteiger partial charge is 0.185 e. The Morgan fingerprint density at radius 3 is 2.57 bits per heavy atom. The molecule has 0 saturated carbocycles. The van der Waals surface area contributed by atoms with Crippen LogP contribution in [0.4, 0.5) is 5.82 Å². The highest BCUT2D eigenvalue weighted by Gasteiger charge is 2.17. The van der Waals surface area contributed by atoms with Crippen molar-refractivity contribution in [3.63, 3.8) is 0 Å². The van der Waals surface area contributed by atoms with Crippen LogP contribution in [-0.4, -0.2) is 51.3 Å². The van der Waals surface area contributed by atoms with Gasteiger partial charge in [0.25, 0.3) is 0 Å². The van der Waals surface area contributed by atoms with E-state index in [2.05, 4.69) is 11.0 Å². The number of carbonyl (C=O) groups excluding carboxylic acids is 1. The Balaban J connectivity index is 1.68. The summed E-state index contributed by atoms with van der Waals surface area (Å²) < 4.78 is 16.0. The summed E-state index contributed by atoms with van der Waals surface area (Å²) in [5.41, 5.74) is 2.37. The predicted octanol–water partition coefficient (Wildman–Crippen LogP) is 3.98. The summed E-state index contributed by atoms with van der Waals surface area (Å²) in [6.45, 7) is 2.88. The maximum atomic E-state index is 12.8. The summed E-state index contributed by atoms with van der Waals surface area (Å²) in [6.07, 6.45) is 3.42. The molecule has 1 aliphatic heterocycles. The Morgan fingerprint density at radius 1 is 1.03 bits per heavy atom. The Morgan fingerprint density at radius 2 is 1.80 bits per heavy atom. The minimum absolute atomic E-state index is 0.114. The number of morpholine rings is 1. The van der Waals surface area contributed by atoms with Gasteiger partial charge in [0.05, 0.1) is 33.0 Å². The molecule has 3 aromatic rings. The average molecular weight is 404 g/mol. The number of benzene rings is 2. The predicted molar refractivity (Wildman–Crippen MR) is 118 cm³/mol. The van der Waals surface area contributed by atoms with Crippen LogP contribution in [0, 0.1) is 0 Å². The Bertz CT molecular complexity index is 1090. The summed E-state index contributed by atoms with van der Waals surface area (Å²) in [6, 6.07) is 15.2. The third-order valence-electron chi connectivity index (χ3n) is 5.13. The number of allylic oxidation sites excluding steroid dienone is 1. The van der Waals surface area contributed by atoms with E-state index in [1.165, 1.54) is 0 Å². The van der Waals surface area contributed by atoms with Gasteiger partial charge in [-0.25, -0.2) is 4.98 Å².